The topological polar surface area (TPSA) is 50.4 Å². The molecule has 1 atom stereocenters. The smallest absolute Gasteiger partial charge is 0.256 e. The lowest BCUT2D eigenvalue weighted by molar-refractivity contribution is 0.0942. The summed E-state index contributed by atoms with van der Waals surface area (Å²) in [4.78, 5) is 12.7. The average Bonchev–Trinajstić information content (AvgIpc) is 2.63. The van der Waals surface area contributed by atoms with E-state index in [1.165, 1.54) is 0 Å². The van der Waals surface area contributed by atoms with Gasteiger partial charge < -0.3 is 15.4 Å². The summed E-state index contributed by atoms with van der Waals surface area (Å²) in [6.45, 7) is 2.58. The lowest BCUT2D eigenvalue weighted by Gasteiger charge is -2.23. The van der Waals surface area contributed by atoms with Gasteiger partial charge in [0.15, 0.2) is 0 Å². The van der Waals surface area contributed by atoms with Gasteiger partial charge in [0.1, 0.15) is 17.1 Å². The largest absolute Gasteiger partial charge is 0.455 e. The Morgan fingerprint density at radius 3 is 2.58 bits per heavy atom. The van der Waals surface area contributed by atoms with E-state index in [-0.39, 0.29) is 18.3 Å². The summed E-state index contributed by atoms with van der Waals surface area (Å²) in [6, 6.07) is 12.3. The molecule has 0 aromatic heterocycles. The lowest BCUT2D eigenvalue weighted by Crippen LogP contribution is -2.38. The third-order valence-corrected chi connectivity index (χ3v) is 4.84. The van der Waals surface area contributed by atoms with Gasteiger partial charge in [0, 0.05) is 6.54 Å². The second-order valence-corrected chi connectivity index (χ2v) is 6.88. The summed E-state index contributed by atoms with van der Waals surface area (Å²) in [6.07, 6.45) is 2.24. The highest BCUT2D eigenvalue weighted by molar-refractivity contribution is 6.34. The van der Waals surface area contributed by atoms with Gasteiger partial charge in [-0.1, -0.05) is 41.4 Å². The number of piperidine rings is 1. The molecule has 2 aromatic carbocycles. The third kappa shape index (κ3) is 5.27. The van der Waals surface area contributed by atoms with Gasteiger partial charge in [-0.15, -0.1) is 12.4 Å². The van der Waals surface area contributed by atoms with E-state index in [1.807, 2.05) is 12.1 Å². The van der Waals surface area contributed by atoms with Crippen LogP contribution in [0.1, 0.15) is 23.2 Å². The highest BCUT2D eigenvalue weighted by atomic mass is 35.5. The van der Waals surface area contributed by atoms with Crippen LogP contribution in [-0.4, -0.2) is 25.5 Å². The van der Waals surface area contributed by atoms with Gasteiger partial charge in [-0.3, -0.25) is 4.79 Å². The number of hydrogen-bond donors (Lipinski definition) is 2. The highest BCUT2D eigenvalue weighted by Crippen LogP contribution is 2.33. The van der Waals surface area contributed by atoms with Crippen molar-refractivity contribution in [2.75, 3.05) is 19.6 Å². The van der Waals surface area contributed by atoms with E-state index in [9.17, 15) is 4.79 Å². The molecule has 0 saturated carbocycles. The zero-order valence-electron chi connectivity index (χ0n) is 14.1. The first kappa shape index (κ1) is 20.8. The Balaban J connectivity index is 0.00000243. The van der Waals surface area contributed by atoms with Crippen molar-refractivity contribution in [2.45, 2.75) is 12.8 Å². The fourth-order valence-electron chi connectivity index (χ4n) is 2.88. The maximum atomic E-state index is 12.7. The average molecular weight is 416 g/mol. The van der Waals surface area contributed by atoms with Crippen LogP contribution >= 0.6 is 35.6 Å². The normalized spacial score (nSPS) is 16.5. The first-order valence-electron chi connectivity index (χ1n) is 8.35. The molecule has 1 aliphatic rings. The van der Waals surface area contributed by atoms with E-state index in [1.54, 1.807) is 30.3 Å². The zero-order valence-corrected chi connectivity index (χ0v) is 16.5. The molecule has 4 nitrogen and oxygen atoms in total. The molecule has 0 radical (unpaired) electrons. The first-order chi connectivity index (χ1) is 12.1. The number of nitrogens with one attached hydrogen (secondary N) is 2. The molecule has 26 heavy (non-hydrogen) atoms. The quantitative estimate of drug-likeness (QED) is 0.727. The lowest BCUT2D eigenvalue weighted by atomic mass is 9.99. The molecule has 3 rings (SSSR count). The van der Waals surface area contributed by atoms with Gasteiger partial charge in [-0.05, 0) is 56.1 Å². The second-order valence-electron chi connectivity index (χ2n) is 6.07. The minimum atomic E-state index is -0.238. The molecular weight excluding hydrogens is 395 g/mol. The van der Waals surface area contributed by atoms with E-state index in [0.29, 0.717) is 39.6 Å². The van der Waals surface area contributed by atoms with Crippen LogP contribution < -0.4 is 15.4 Å². The van der Waals surface area contributed by atoms with Crippen LogP contribution in [0.5, 0.6) is 11.5 Å². The Kier molecular flexibility index (Phi) is 8.04. The first-order valence-corrected chi connectivity index (χ1v) is 9.10. The van der Waals surface area contributed by atoms with Gasteiger partial charge in [0.25, 0.3) is 5.91 Å². The SMILES string of the molecule is Cl.O=C(NCC1CCCNC1)c1c(Cl)cccc1Oc1ccccc1Cl. The Labute approximate surface area is 169 Å². The zero-order chi connectivity index (χ0) is 17.6. The standard InChI is InChI=1S/C19H20Cl2N2O2.ClH/c20-14-6-1-2-8-16(14)25-17-9-3-7-15(21)18(17)19(24)23-12-13-5-4-10-22-11-13;/h1-3,6-9,13,22H,4-5,10-12H2,(H,23,24);1H. The summed E-state index contributed by atoms with van der Waals surface area (Å²) in [5, 5.41) is 7.14. The fraction of sp³-hybridized carbons (Fsp3) is 0.316. The van der Waals surface area contributed by atoms with E-state index in [2.05, 4.69) is 10.6 Å². The van der Waals surface area contributed by atoms with Gasteiger partial charge in [0.2, 0.25) is 0 Å². The number of carbonyl (C=O) groups is 1. The third-order valence-electron chi connectivity index (χ3n) is 4.21. The molecule has 0 bridgehead atoms. The number of hydrogen-bond acceptors (Lipinski definition) is 3. The molecule has 2 N–H and O–H groups in total. The number of amides is 1. The van der Waals surface area contributed by atoms with E-state index in [4.69, 9.17) is 27.9 Å². The van der Waals surface area contributed by atoms with Crippen LogP contribution in [0.3, 0.4) is 0 Å². The summed E-state index contributed by atoms with van der Waals surface area (Å²) in [7, 11) is 0. The van der Waals surface area contributed by atoms with Crippen molar-refractivity contribution < 1.29 is 9.53 Å². The number of halogens is 3. The fourth-order valence-corrected chi connectivity index (χ4v) is 3.31. The van der Waals surface area contributed by atoms with Crippen molar-refractivity contribution in [1.29, 1.82) is 0 Å². The van der Waals surface area contributed by atoms with Gasteiger partial charge in [-0.25, -0.2) is 0 Å². The summed E-state index contributed by atoms with van der Waals surface area (Å²) < 4.78 is 5.84. The number of carbonyl (C=O) groups excluding carboxylic acids is 1. The molecule has 0 aliphatic carbocycles. The highest BCUT2D eigenvalue weighted by Gasteiger charge is 2.20. The molecule has 1 fully saturated rings. The molecule has 140 valence electrons. The molecule has 1 amide bonds. The van der Waals surface area contributed by atoms with Crippen LogP contribution in [0.15, 0.2) is 42.5 Å². The van der Waals surface area contributed by atoms with Gasteiger partial charge in [0.05, 0.1) is 10.0 Å². The molecular formula is C19H21Cl3N2O2. The molecule has 0 spiro atoms. The van der Waals surface area contributed by atoms with Crippen molar-refractivity contribution in [3.05, 3.63) is 58.1 Å². The Morgan fingerprint density at radius 1 is 1.12 bits per heavy atom. The van der Waals surface area contributed by atoms with Crippen LogP contribution in [0, 0.1) is 5.92 Å². The molecule has 1 unspecified atom stereocenters. The van der Waals surface area contributed by atoms with Crippen molar-refractivity contribution in [3.63, 3.8) is 0 Å². The van der Waals surface area contributed by atoms with Gasteiger partial charge >= 0.3 is 0 Å². The Morgan fingerprint density at radius 2 is 1.85 bits per heavy atom. The van der Waals surface area contributed by atoms with Crippen LogP contribution in [-0.2, 0) is 0 Å². The maximum Gasteiger partial charge on any atom is 0.256 e. The van der Waals surface area contributed by atoms with Crippen LogP contribution in [0.2, 0.25) is 10.0 Å². The van der Waals surface area contributed by atoms with Crippen molar-refractivity contribution >= 4 is 41.5 Å². The predicted octanol–water partition coefficient (Wildman–Crippen LogP) is 4.94. The number of rotatable bonds is 5. The monoisotopic (exact) mass is 414 g/mol. The Bertz CT molecular complexity index is 749. The summed E-state index contributed by atoms with van der Waals surface area (Å²) >= 11 is 12.4. The summed E-state index contributed by atoms with van der Waals surface area (Å²) in [5.41, 5.74) is 0.327. The summed E-state index contributed by atoms with van der Waals surface area (Å²) in [5.74, 6) is 1.07. The van der Waals surface area contributed by atoms with E-state index < -0.39 is 0 Å². The minimum Gasteiger partial charge on any atom is -0.455 e. The molecule has 2 aromatic rings. The molecule has 1 saturated heterocycles. The predicted molar refractivity (Wildman–Crippen MR) is 108 cm³/mol. The van der Waals surface area contributed by atoms with Gasteiger partial charge in [-0.2, -0.15) is 0 Å². The van der Waals surface area contributed by atoms with Crippen molar-refractivity contribution in [2.24, 2.45) is 5.92 Å². The molecule has 1 aliphatic heterocycles. The van der Waals surface area contributed by atoms with Crippen molar-refractivity contribution in [3.8, 4) is 11.5 Å². The van der Waals surface area contributed by atoms with Crippen LogP contribution in [0.25, 0.3) is 0 Å². The number of para-hydroxylation sites is 1. The van der Waals surface area contributed by atoms with Crippen LogP contribution in [0.4, 0.5) is 0 Å². The molecule has 1 heterocycles. The minimum absolute atomic E-state index is 0. The van der Waals surface area contributed by atoms with Crippen molar-refractivity contribution in [1.82, 2.24) is 10.6 Å². The maximum absolute atomic E-state index is 12.7. The Hall–Kier alpha value is -1.46. The number of benzene rings is 2. The second kappa shape index (κ2) is 10.0. The number of ether oxygens (including phenoxy) is 1. The van der Waals surface area contributed by atoms with E-state index >= 15 is 0 Å². The molecule has 7 heteroatoms. The van der Waals surface area contributed by atoms with E-state index in [0.717, 1.165) is 25.9 Å².